The van der Waals surface area contributed by atoms with Crippen molar-refractivity contribution in [1.29, 1.82) is 0 Å². The Morgan fingerprint density at radius 1 is 0.357 bits per heavy atom. The number of para-hydroxylation sites is 2. The van der Waals surface area contributed by atoms with E-state index in [2.05, 4.69) is 240 Å². The van der Waals surface area contributed by atoms with E-state index in [1.54, 1.807) is 14.2 Å². The van der Waals surface area contributed by atoms with Gasteiger partial charge in [-0.05, 0) is 156 Å². The Kier molecular flexibility index (Phi) is 8.69. The molecule has 0 aliphatic heterocycles. The third-order valence-corrected chi connectivity index (χ3v) is 15.3. The smallest absolute Gasteiger partial charge is 0.119 e. The monoisotopic (exact) mass is 901 g/mol. The fourth-order valence-corrected chi connectivity index (χ4v) is 12.2. The molecule has 0 saturated carbocycles. The van der Waals surface area contributed by atoms with E-state index in [0.29, 0.717) is 0 Å². The van der Waals surface area contributed by atoms with Crippen molar-refractivity contribution < 1.29 is 9.47 Å². The summed E-state index contributed by atoms with van der Waals surface area (Å²) in [5.74, 6) is 1.64. The van der Waals surface area contributed by atoms with E-state index >= 15 is 0 Å². The van der Waals surface area contributed by atoms with Gasteiger partial charge in [-0.2, -0.15) is 0 Å². The summed E-state index contributed by atoms with van der Waals surface area (Å²) in [6, 6.07) is 78.7. The molecule has 2 aliphatic rings. The van der Waals surface area contributed by atoms with Crippen molar-refractivity contribution in [3.63, 3.8) is 0 Å². The van der Waals surface area contributed by atoms with Gasteiger partial charge in [-0.15, -0.1) is 0 Å². The SMILES string of the molecule is COc1ccc(N(c2ccc(C)cc2)c2ccc3c(c2)C2(c4cc(N(c5ccc(C)cc5)c5ccc(OC)cc5)ccc4-3)c3ccccc3-c3c2ccc2c4cccc5c6ccccc6n(c32)c54)cc1. The van der Waals surface area contributed by atoms with E-state index in [4.69, 9.17) is 9.47 Å². The van der Waals surface area contributed by atoms with Crippen molar-refractivity contribution in [2.45, 2.75) is 19.3 Å². The van der Waals surface area contributed by atoms with Crippen LogP contribution in [-0.4, -0.2) is 18.6 Å². The second-order valence-electron chi connectivity index (χ2n) is 18.9. The minimum atomic E-state index is -0.688. The maximum atomic E-state index is 5.66. The van der Waals surface area contributed by atoms with Gasteiger partial charge in [0.05, 0.1) is 36.2 Å². The standard InChI is InChI=1S/C65H47N3O2/c1-40-16-20-42(21-17-40)66(44-24-30-48(69-3)31-25-44)46-28-34-50-51-35-29-47(67(43-22-18-41(2)19-23-43)45-26-32-49(70-4)33-27-45)39-60(51)65(59(50)38-46)57-14-7-5-11-56(57)62-58(65)37-36-55-54-13-9-12-53-52-10-6-8-15-61(52)68(63(53)54)64(55)62/h5-39H,1-4H3. The fraction of sp³-hybridized carbons (Fsp3) is 0.0769. The molecular formula is C65H47N3O2. The number of ether oxygens (including phenoxy) is 2. The molecule has 0 N–H and O–H groups in total. The molecular weight excluding hydrogens is 855 g/mol. The predicted octanol–water partition coefficient (Wildman–Crippen LogP) is 16.8. The number of aryl methyl sites for hydroxylation is 2. The van der Waals surface area contributed by atoms with E-state index in [9.17, 15) is 0 Å². The van der Waals surface area contributed by atoms with Crippen molar-refractivity contribution in [3.05, 3.63) is 246 Å². The molecule has 0 unspecified atom stereocenters. The second kappa shape index (κ2) is 15.1. The van der Waals surface area contributed by atoms with Crippen molar-refractivity contribution in [2.75, 3.05) is 24.0 Å². The van der Waals surface area contributed by atoms with Crippen molar-refractivity contribution in [3.8, 4) is 33.8 Å². The maximum absolute atomic E-state index is 5.66. The van der Waals surface area contributed by atoms with Crippen LogP contribution in [-0.2, 0) is 5.41 Å². The molecule has 14 rings (SSSR count). The van der Waals surface area contributed by atoms with Crippen LogP contribution in [0.5, 0.6) is 11.5 Å². The normalized spacial score (nSPS) is 13.0. The average molecular weight is 902 g/mol. The number of fused-ring (bicyclic) bond motifs is 17. The van der Waals surface area contributed by atoms with E-state index in [1.165, 1.54) is 93.7 Å². The predicted molar refractivity (Wildman–Crippen MR) is 289 cm³/mol. The molecule has 12 aromatic rings. The highest BCUT2D eigenvalue weighted by Gasteiger charge is 2.53. The Hall–Kier alpha value is -8.80. The molecule has 0 fully saturated rings. The molecule has 0 amide bonds. The Morgan fingerprint density at radius 3 is 1.37 bits per heavy atom. The topological polar surface area (TPSA) is 29.4 Å². The summed E-state index contributed by atoms with van der Waals surface area (Å²) < 4.78 is 13.9. The molecule has 10 aromatic carbocycles. The summed E-state index contributed by atoms with van der Waals surface area (Å²) in [7, 11) is 3.44. The van der Waals surface area contributed by atoms with Gasteiger partial charge in [-0.1, -0.05) is 120 Å². The van der Waals surface area contributed by atoms with E-state index in [-0.39, 0.29) is 0 Å². The van der Waals surface area contributed by atoms with Crippen LogP contribution in [0.3, 0.4) is 0 Å². The highest BCUT2D eigenvalue weighted by molar-refractivity contribution is 6.26. The zero-order valence-corrected chi connectivity index (χ0v) is 39.4. The summed E-state index contributed by atoms with van der Waals surface area (Å²) in [6.07, 6.45) is 0. The summed E-state index contributed by atoms with van der Waals surface area (Å²) in [4.78, 5) is 4.77. The number of methoxy groups -OCH3 is 2. The molecule has 2 heterocycles. The van der Waals surface area contributed by atoms with E-state index in [0.717, 1.165) is 45.6 Å². The summed E-state index contributed by atoms with van der Waals surface area (Å²) in [5.41, 5.74) is 22.1. The Bertz CT molecular complexity index is 3890. The average Bonchev–Trinajstić information content (AvgIpc) is 4.12. The minimum Gasteiger partial charge on any atom is -0.497 e. The van der Waals surface area contributed by atoms with Gasteiger partial charge in [0.2, 0.25) is 0 Å². The highest BCUT2D eigenvalue weighted by Crippen LogP contribution is 2.65. The lowest BCUT2D eigenvalue weighted by molar-refractivity contribution is 0.414. The zero-order chi connectivity index (χ0) is 46.8. The van der Waals surface area contributed by atoms with Crippen LogP contribution >= 0.6 is 0 Å². The van der Waals surface area contributed by atoms with Crippen LogP contribution in [0.4, 0.5) is 34.1 Å². The first-order valence-electron chi connectivity index (χ1n) is 24.1. The van der Waals surface area contributed by atoms with Crippen LogP contribution in [0.2, 0.25) is 0 Å². The Labute approximate surface area is 407 Å². The summed E-state index contributed by atoms with van der Waals surface area (Å²) >= 11 is 0. The van der Waals surface area contributed by atoms with Crippen LogP contribution < -0.4 is 19.3 Å². The Morgan fingerprint density at radius 2 is 0.814 bits per heavy atom. The molecule has 0 atom stereocenters. The number of hydrogen-bond acceptors (Lipinski definition) is 4. The lowest BCUT2D eigenvalue weighted by Crippen LogP contribution is -2.26. The van der Waals surface area contributed by atoms with Crippen molar-refractivity contribution in [2.24, 2.45) is 0 Å². The number of anilines is 6. The fourth-order valence-electron chi connectivity index (χ4n) is 12.2. The Balaban J connectivity index is 1.09. The van der Waals surface area contributed by atoms with E-state index < -0.39 is 5.41 Å². The van der Waals surface area contributed by atoms with Gasteiger partial charge in [-0.3, -0.25) is 0 Å². The van der Waals surface area contributed by atoms with E-state index in [1.807, 2.05) is 0 Å². The number of hydrogen-bond donors (Lipinski definition) is 0. The van der Waals surface area contributed by atoms with Gasteiger partial charge in [-0.25, -0.2) is 0 Å². The van der Waals surface area contributed by atoms with Crippen LogP contribution in [0, 0.1) is 13.8 Å². The third-order valence-electron chi connectivity index (χ3n) is 15.3. The lowest BCUT2D eigenvalue weighted by atomic mass is 9.70. The number of aromatic nitrogens is 1. The molecule has 70 heavy (non-hydrogen) atoms. The van der Waals surface area contributed by atoms with Crippen LogP contribution in [0.15, 0.2) is 212 Å². The third kappa shape index (κ3) is 5.54. The first-order chi connectivity index (χ1) is 34.4. The molecule has 2 aromatic heterocycles. The minimum absolute atomic E-state index is 0.688. The molecule has 334 valence electrons. The maximum Gasteiger partial charge on any atom is 0.119 e. The molecule has 0 radical (unpaired) electrons. The number of nitrogens with zero attached hydrogens (tertiary/aromatic N) is 3. The van der Waals surface area contributed by atoms with Crippen molar-refractivity contribution in [1.82, 2.24) is 4.40 Å². The molecule has 1 spiro atoms. The lowest BCUT2D eigenvalue weighted by Gasteiger charge is -2.33. The first-order valence-corrected chi connectivity index (χ1v) is 24.1. The molecule has 0 bridgehead atoms. The molecule has 0 saturated heterocycles. The summed E-state index contributed by atoms with van der Waals surface area (Å²) in [5, 5.41) is 5.12. The molecule has 5 nitrogen and oxygen atoms in total. The number of benzene rings is 10. The summed E-state index contributed by atoms with van der Waals surface area (Å²) in [6.45, 7) is 4.29. The largest absolute Gasteiger partial charge is 0.497 e. The van der Waals surface area contributed by atoms with Crippen LogP contribution in [0.1, 0.15) is 33.4 Å². The van der Waals surface area contributed by atoms with Gasteiger partial charge in [0.15, 0.2) is 0 Å². The molecule has 2 aliphatic carbocycles. The van der Waals surface area contributed by atoms with Crippen LogP contribution in [0.25, 0.3) is 60.3 Å². The van der Waals surface area contributed by atoms with Gasteiger partial charge >= 0.3 is 0 Å². The zero-order valence-electron chi connectivity index (χ0n) is 39.4. The highest BCUT2D eigenvalue weighted by atomic mass is 16.5. The van der Waals surface area contributed by atoms with Gasteiger partial charge in [0.25, 0.3) is 0 Å². The number of rotatable bonds is 8. The quantitative estimate of drug-likeness (QED) is 0.152. The van der Waals surface area contributed by atoms with Crippen molar-refractivity contribution >= 4 is 72.2 Å². The molecule has 5 heteroatoms. The first kappa shape index (κ1) is 40.3. The second-order valence-corrected chi connectivity index (χ2v) is 18.9. The van der Waals surface area contributed by atoms with Gasteiger partial charge < -0.3 is 23.7 Å². The van der Waals surface area contributed by atoms with Gasteiger partial charge in [0, 0.05) is 61.2 Å². The van der Waals surface area contributed by atoms with Gasteiger partial charge in [0.1, 0.15) is 11.5 Å².